The molecule has 0 radical (unpaired) electrons. The van der Waals surface area contributed by atoms with Gasteiger partial charge in [0.15, 0.2) is 5.82 Å². The average molecular weight is 341 g/mol. The van der Waals surface area contributed by atoms with Crippen LogP contribution in [-0.4, -0.2) is 43.3 Å². The molecule has 0 saturated carbocycles. The Balaban J connectivity index is 1.58. The van der Waals surface area contributed by atoms with Crippen LogP contribution in [-0.2, 0) is 13.0 Å². The molecule has 0 bridgehead atoms. The summed E-state index contributed by atoms with van der Waals surface area (Å²) in [6, 6.07) is 9.10. The van der Waals surface area contributed by atoms with E-state index in [0.29, 0.717) is 11.7 Å². The third kappa shape index (κ3) is 4.19. The van der Waals surface area contributed by atoms with Gasteiger partial charge in [-0.2, -0.15) is 9.97 Å². The fraction of sp³-hybridized carbons (Fsp3) is 0.312. The Bertz CT molecular complexity index is 828. The Labute approximate surface area is 144 Å². The molecule has 0 aliphatic rings. The summed E-state index contributed by atoms with van der Waals surface area (Å²) in [4.78, 5) is 22.1. The van der Waals surface area contributed by atoms with Gasteiger partial charge in [0.2, 0.25) is 5.95 Å². The molecule has 1 aromatic carbocycles. The van der Waals surface area contributed by atoms with Crippen LogP contribution >= 0.6 is 0 Å². The summed E-state index contributed by atoms with van der Waals surface area (Å²) in [6.07, 6.45) is 1.73. The second-order valence-electron chi connectivity index (χ2n) is 5.52. The number of rotatable bonds is 6. The second kappa shape index (κ2) is 7.56. The molecular weight excluding hydrogens is 322 g/mol. The van der Waals surface area contributed by atoms with Crippen LogP contribution in [0.2, 0.25) is 0 Å². The zero-order chi connectivity index (χ0) is 17.6. The summed E-state index contributed by atoms with van der Waals surface area (Å²) in [6.45, 7) is 2.25. The molecule has 2 N–H and O–H groups in total. The SMILES string of the molecule is CCCc1nc(NC(=O)N(C)Cc2noc(-c3ccccc3)n2)n[nH]1. The lowest BCUT2D eigenvalue weighted by Gasteiger charge is -2.14. The molecule has 0 aliphatic carbocycles. The first-order valence-electron chi connectivity index (χ1n) is 7.97. The van der Waals surface area contributed by atoms with E-state index in [1.165, 1.54) is 4.90 Å². The third-order valence-corrected chi connectivity index (χ3v) is 3.45. The van der Waals surface area contributed by atoms with Crippen molar-refractivity contribution in [1.29, 1.82) is 0 Å². The first kappa shape index (κ1) is 16.6. The quantitative estimate of drug-likeness (QED) is 0.712. The molecule has 3 aromatic rings. The maximum absolute atomic E-state index is 12.2. The molecule has 0 spiro atoms. The number of H-pyrrole nitrogens is 1. The Kier molecular flexibility index (Phi) is 5.03. The molecule has 0 aliphatic heterocycles. The molecule has 0 unspecified atom stereocenters. The minimum Gasteiger partial charge on any atom is -0.334 e. The molecule has 2 amide bonds. The summed E-state index contributed by atoms with van der Waals surface area (Å²) in [5, 5.41) is 13.3. The number of hydrogen-bond donors (Lipinski definition) is 2. The number of aryl methyl sites for hydroxylation is 1. The number of benzene rings is 1. The van der Waals surface area contributed by atoms with E-state index in [2.05, 4.69) is 30.6 Å². The van der Waals surface area contributed by atoms with Crippen molar-refractivity contribution in [2.24, 2.45) is 0 Å². The van der Waals surface area contributed by atoms with Gasteiger partial charge in [-0.25, -0.2) is 4.79 Å². The van der Waals surface area contributed by atoms with Crippen LogP contribution < -0.4 is 5.32 Å². The number of aromatic amines is 1. The number of nitrogens with zero attached hydrogens (tertiary/aromatic N) is 5. The van der Waals surface area contributed by atoms with Gasteiger partial charge in [0.1, 0.15) is 5.82 Å². The van der Waals surface area contributed by atoms with Crippen LogP contribution in [0, 0.1) is 0 Å². The van der Waals surface area contributed by atoms with Crippen molar-refractivity contribution in [3.05, 3.63) is 42.0 Å². The van der Waals surface area contributed by atoms with Gasteiger partial charge in [0, 0.05) is 19.0 Å². The third-order valence-electron chi connectivity index (χ3n) is 3.45. The van der Waals surface area contributed by atoms with E-state index in [0.717, 1.165) is 24.2 Å². The van der Waals surface area contributed by atoms with Crippen LogP contribution in [0.4, 0.5) is 10.7 Å². The van der Waals surface area contributed by atoms with Gasteiger partial charge in [-0.1, -0.05) is 30.3 Å². The monoisotopic (exact) mass is 341 g/mol. The highest BCUT2D eigenvalue weighted by Crippen LogP contribution is 2.16. The van der Waals surface area contributed by atoms with E-state index in [1.54, 1.807) is 7.05 Å². The fourth-order valence-electron chi connectivity index (χ4n) is 2.19. The Morgan fingerprint density at radius 2 is 2.08 bits per heavy atom. The summed E-state index contributed by atoms with van der Waals surface area (Å²) < 4.78 is 5.23. The number of aromatic nitrogens is 5. The predicted molar refractivity (Wildman–Crippen MR) is 90.6 cm³/mol. The number of nitrogens with one attached hydrogen (secondary N) is 2. The van der Waals surface area contributed by atoms with Crippen molar-refractivity contribution in [2.75, 3.05) is 12.4 Å². The van der Waals surface area contributed by atoms with E-state index in [4.69, 9.17) is 4.52 Å². The zero-order valence-electron chi connectivity index (χ0n) is 14.1. The van der Waals surface area contributed by atoms with Crippen molar-refractivity contribution in [3.63, 3.8) is 0 Å². The Morgan fingerprint density at radius 3 is 2.84 bits per heavy atom. The van der Waals surface area contributed by atoms with Crippen molar-refractivity contribution < 1.29 is 9.32 Å². The summed E-state index contributed by atoms with van der Waals surface area (Å²) >= 11 is 0. The van der Waals surface area contributed by atoms with Crippen LogP contribution in [0.15, 0.2) is 34.9 Å². The number of carbonyl (C=O) groups is 1. The van der Waals surface area contributed by atoms with Gasteiger partial charge in [-0.05, 0) is 18.6 Å². The fourth-order valence-corrected chi connectivity index (χ4v) is 2.19. The molecule has 2 heterocycles. The van der Waals surface area contributed by atoms with Gasteiger partial charge in [0.05, 0.1) is 6.54 Å². The highest BCUT2D eigenvalue weighted by atomic mass is 16.5. The molecule has 0 atom stereocenters. The maximum Gasteiger partial charge on any atom is 0.324 e. The van der Waals surface area contributed by atoms with Gasteiger partial charge in [0.25, 0.3) is 5.89 Å². The molecule has 3 rings (SSSR count). The predicted octanol–water partition coefficient (Wildman–Crippen LogP) is 2.47. The molecule has 2 aromatic heterocycles. The molecule has 25 heavy (non-hydrogen) atoms. The standard InChI is InChI=1S/C16H19N7O2/c1-3-7-12-18-15(21-20-12)19-16(24)23(2)10-13-17-14(25-22-13)11-8-5-4-6-9-11/h4-6,8-9H,3,7,10H2,1-2H3,(H2,18,19,20,21,24). The van der Waals surface area contributed by atoms with Crippen molar-refractivity contribution in [3.8, 4) is 11.5 Å². The second-order valence-corrected chi connectivity index (χ2v) is 5.52. The van der Waals surface area contributed by atoms with Crippen molar-refractivity contribution in [1.82, 2.24) is 30.2 Å². The highest BCUT2D eigenvalue weighted by molar-refractivity contribution is 5.87. The lowest BCUT2D eigenvalue weighted by molar-refractivity contribution is 0.218. The summed E-state index contributed by atoms with van der Waals surface area (Å²) in [7, 11) is 1.63. The number of amides is 2. The molecule has 0 saturated heterocycles. The lowest BCUT2D eigenvalue weighted by Crippen LogP contribution is -2.31. The first-order valence-corrected chi connectivity index (χ1v) is 7.97. The highest BCUT2D eigenvalue weighted by Gasteiger charge is 2.16. The van der Waals surface area contributed by atoms with Crippen LogP contribution in [0.3, 0.4) is 0 Å². The van der Waals surface area contributed by atoms with Gasteiger partial charge in [-0.3, -0.25) is 10.4 Å². The largest absolute Gasteiger partial charge is 0.334 e. The number of anilines is 1. The van der Waals surface area contributed by atoms with Crippen LogP contribution in [0.1, 0.15) is 25.0 Å². The molecule has 130 valence electrons. The van der Waals surface area contributed by atoms with E-state index in [-0.39, 0.29) is 18.5 Å². The molecule has 9 heteroatoms. The lowest BCUT2D eigenvalue weighted by atomic mass is 10.2. The Hall–Kier alpha value is -3.23. The smallest absolute Gasteiger partial charge is 0.324 e. The van der Waals surface area contributed by atoms with Gasteiger partial charge >= 0.3 is 6.03 Å². The first-order chi connectivity index (χ1) is 12.2. The van der Waals surface area contributed by atoms with E-state index >= 15 is 0 Å². The van der Waals surface area contributed by atoms with Crippen LogP contribution in [0.5, 0.6) is 0 Å². The minimum atomic E-state index is -0.354. The topological polar surface area (TPSA) is 113 Å². The molecule has 0 fully saturated rings. The van der Waals surface area contributed by atoms with Gasteiger partial charge in [-0.15, -0.1) is 5.10 Å². The van der Waals surface area contributed by atoms with E-state index < -0.39 is 0 Å². The van der Waals surface area contributed by atoms with Crippen molar-refractivity contribution >= 4 is 12.0 Å². The molecule has 9 nitrogen and oxygen atoms in total. The minimum absolute atomic E-state index is 0.203. The normalized spacial score (nSPS) is 10.6. The van der Waals surface area contributed by atoms with Crippen molar-refractivity contribution in [2.45, 2.75) is 26.3 Å². The summed E-state index contributed by atoms with van der Waals surface area (Å²) in [5.41, 5.74) is 0.831. The number of urea groups is 1. The zero-order valence-corrected chi connectivity index (χ0v) is 14.1. The van der Waals surface area contributed by atoms with Crippen LogP contribution in [0.25, 0.3) is 11.5 Å². The Morgan fingerprint density at radius 1 is 1.28 bits per heavy atom. The number of carbonyl (C=O) groups excluding carboxylic acids is 1. The maximum atomic E-state index is 12.2. The van der Waals surface area contributed by atoms with E-state index in [1.807, 2.05) is 37.3 Å². The molecular formula is C16H19N7O2. The van der Waals surface area contributed by atoms with E-state index in [9.17, 15) is 4.79 Å². The van der Waals surface area contributed by atoms with Gasteiger partial charge < -0.3 is 9.42 Å². The number of hydrogen-bond acceptors (Lipinski definition) is 6. The summed E-state index contributed by atoms with van der Waals surface area (Å²) in [5.74, 6) is 1.82. The average Bonchev–Trinajstić information content (AvgIpc) is 3.26.